The topological polar surface area (TPSA) is 45.6 Å². The van der Waals surface area contributed by atoms with Crippen molar-refractivity contribution in [2.75, 3.05) is 6.54 Å². The van der Waals surface area contributed by atoms with E-state index in [4.69, 9.17) is 0 Å². The summed E-state index contributed by atoms with van der Waals surface area (Å²) in [5.41, 5.74) is 2.36. The number of amides is 2. The fourth-order valence-corrected chi connectivity index (χ4v) is 4.68. The maximum absolute atomic E-state index is 13.4. The van der Waals surface area contributed by atoms with Crippen molar-refractivity contribution in [2.24, 2.45) is 5.92 Å². The van der Waals surface area contributed by atoms with Crippen molar-refractivity contribution in [2.45, 2.75) is 77.5 Å². The number of carbonyl (C=O) groups is 2. The van der Waals surface area contributed by atoms with Gasteiger partial charge in [0.1, 0.15) is 6.54 Å². The third-order valence-corrected chi connectivity index (χ3v) is 6.68. The van der Waals surface area contributed by atoms with Gasteiger partial charge >= 0.3 is 0 Å². The number of hydrogen-bond donors (Lipinski definition) is 0. The monoisotopic (exact) mass is 421 g/mol. The van der Waals surface area contributed by atoms with Crippen molar-refractivity contribution in [1.29, 1.82) is 0 Å². The van der Waals surface area contributed by atoms with Crippen LogP contribution < -0.4 is 0 Å². The first-order chi connectivity index (χ1) is 15.0. The Labute approximate surface area is 186 Å². The molecular weight excluding hydrogens is 386 g/mol. The van der Waals surface area contributed by atoms with Crippen molar-refractivity contribution in [3.63, 3.8) is 0 Å². The lowest BCUT2D eigenvalue weighted by molar-refractivity contribution is -0.144. The number of hydrogen-bond acceptors (Lipinski definition) is 2. The fourth-order valence-electron chi connectivity index (χ4n) is 4.68. The summed E-state index contributed by atoms with van der Waals surface area (Å²) in [5.74, 6) is 0.397. The van der Waals surface area contributed by atoms with Gasteiger partial charge in [0, 0.05) is 36.4 Å². The lowest BCUT2D eigenvalue weighted by Gasteiger charge is -2.31. The summed E-state index contributed by atoms with van der Waals surface area (Å²) in [7, 11) is 0. The minimum Gasteiger partial charge on any atom is -0.345 e. The van der Waals surface area contributed by atoms with Crippen molar-refractivity contribution in [1.82, 2.24) is 14.4 Å². The third kappa shape index (κ3) is 5.38. The molecule has 1 aromatic carbocycles. The molecule has 31 heavy (non-hydrogen) atoms. The lowest BCUT2D eigenvalue weighted by atomic mass is 10.1. The minimum absolute atomic E-state index is 0.0562. The summed E-state index contributed by atoms with van der Waals surface area (Å²) in [6.07, 6.45) is 8.39. The van der Waals surface area contributed by atoms with Crippen LogP contribution in [0.4, 0.5) is 0 Å². The zero-order valence-corrected chi connectivity index (χ0v) is 18.9. The largest absolute Gasteiger partial charge is 0.345 e. The van der Waals surface area contributed by atoms with Gasteiger partial charge in [0.25, 0.3) is 0 Å². The number of benzene rings is 1. The summed E-state index contributed by atoms with van der Waals surface area (Å²) >= 11 is 0. The number of nitrogens with zero attached hydrogens (tertiary/aromatic N) is 3. The summed E-state index contributed by atoms with van der Waals surface area (Å²) in [6.45, 7) is 5.69. The quantitative estimate of drug-likeness (QED) is 0.600. The van der Waals surface area contributed by atoms with Gasteiger partial charge in [-0.2, -0.15) is 0 Å². The van der Waals surface area contributed by atoms with Gasteiger partial charge in [-0.05, 0) is 57.2 Å². The SMILES string of the molecule is CC(C)N(Cc1cccn1Cc1ccccc1)C(=O)CN(C(=O)C1CCCC1)C1CC1. The molecule has 5 nitrogen and oxygen atoms in total. The molecule has 0 atom stereocenters. The van der Waals surface area contributed by atoms with Gasteiger partial charge in [0.05, 0.1) is 6.54 Å². The normalized spacial score (nSPS) is 16.6. The smallest absolute Gasteiger partial charge is 0.242 e. The van der Waals surface area contributed by atoms with E-state index in [2.05, 4.69) is 54.9 Å². The maximum atomic E-state index is 13.4. The molecule has 5 heteroatoms. The Morgan fingerprint density at radius 3 is 2.35 bits per heavy atom. The molecule has 2 saturated carbocycles. The van der Waals surface area contributed by atoms with Crippen molar-refractivity contribution in [3.8, 4) is 0 Å². The van der Waals surface area contributed by atoms with E-state index in [0.29, 0.717) is 6.54 Å². The van der Waals surface area contributed by atoms with Crippen LogP contribution in [-0.4, -0.2) is 44.8 Å². The molecule has 1 aromatic heterocycles. The van der Waals surface area contributed by atoms with Crippen LogP contribution in [0.5, 0.6) is 0 Å². The van der Waals surface area contributed by atoms with Gasteiger partial charge in [-0.15, -0.1) is 0 Å². The zero-order chi connectivity index (χ0) is 21.8. The molecule has 0 saturated heterocycles. The number of rotatable bonds is 9. The van der Waals surface area contributed by atoms with E-state index < -0.39 is 0 Å². The van der Waals surface area contributed by atoms with Gasteiger partial charge in [0.15, 0.2) is 0 Å². The van der Waals surface area contributed by atoms with Crippen LogP contribution in [0.2, 0.25) is 0 Å². The van der Waals surface area contributed by atoms with Crippen LogP contribution in [0.15, 0.2) is 48.7 Å². The van der Waals surface area contributed by atoms with Crippen molar-refractivity contribution >= 4 is 11.8 Å². The molecule has 0 bridgehead atoms. The molecule has 0 spiro atoms. The second-order valence-corrected chi connectivity index (χ2v) is 9.41. The molecule has 0 radical (unpaired) electrons. The number of aromatic nitrogens is 1. The Morgan fingerprint density at radius 2 is 1.71 bits per heavy atom. The van der Waals surface area contributed by atoms with Gasteiger partial charge in [-0.1, -0.05) is 43.2 Å². The summed E-state index contributed by atoms with van der Waals surface area (Å²) in [4.78, 5) is 30.3. The molecule has 2 fully saturated rings. The lowest BCUT2D eigenvalue weighted by Crippen LogP contribution is -2.47. The second kappa shape index (κ2) is 9.71. The second-order valence-electron chi connectivity index (χ2n) is 9.41. The molecule has 0 unspecified atom stereocenters. The van der Waals surface area contributed by atoms with E-state index in [0.717, 1.165) is 50.8 Å². The molecule has 2 amide bonds. The van der Waals surface area contributed by atoms with Crippen LogP contribution in [0.3, 0.4) is 0 Å². The first kappa shape index (κ1) is 21.7. The average molecular weight is 422 g/mol. The van der Waals surface area contributed by atoms with E-state index in [1.54, 1.807) is 0 Å². The van der Waals surface area contributed by atoms with Gasteiger partial charge in [0.2, 0.25) is 11.8 Å². The Morgan fingerprint density at radius 1 is 1.00 bits per heavy atom. The highest BCUT2D eigenvalue weighted by atomic mass is 16.2. The minimum atomic E-state index is 0.0562. The summed E-state index contributed by atoms with van der Waals surface area (Å²) in [5, 5.41) is 0. The van der Waals surface area contributed by atoms with Gasteiger partial charge in [-0.25, -0.2) is 0 Å². The van der Waals surface area contributed by atoms with Crippen LogP contribution in [0.1, 0.15) is 63.6 Å². The van der Waals surface area contributed by atoms with Crippen molar-refractivity contribution in [3.05, 3.63) is 59.9 Å². The molecule has 2 aliphatic rings. The molecule has 4 rings (SSSR count). The third-order valence-electron chi connectivity index (χ3n) is 6.68. The van der Waals surface area contributed by atoms with E-state index in [1.165, 1.54) is 5.56 Å². The van der Waals surface area contributed by atoms with E-state index in [9.17, 15) is 9.59 Å². The van der Waals surface area contributed by atoms with E-state index >= 15 is 0 Å². The standard InChI is InChI=1S/C26H35N3O2/c1-20(2)28(18-24-13-8-16-27(24)17-21-9-4-3-5-10-21)25(30)19-29(23-14-15-23)26(31)22-11-6-7-12-22/h3-5,8-10,13,16,20,22-23H,6-7,11-12,14-15,17-19H2,1-2H3. The van der Waals surface area contributed by atoms with E-state index in [1.807, 2.05) is 21.9 Å². The zero-order valence-electron chi connectivity index (χ0n) is 18.9. The molecule has 2 aromatic rings. The van der Waals surface area contributed by atoms with Crippen LogP contribution in [0, 0.1) is 5.92 Å². The maximum Gasteiger partial charge on any atom is 0.242 e. The Balaban J connectivity index is 1.44. The predicted octanol–water partition coefficient (Wildman–Crippen LogP) is 4.45. The first-order valence-corrected chi connectivity index (χ1v) is 11.8. The van der Waals surface area contributed by atoms with Crippen molar-refractivity contribution < 1.29 is 9.59 Å². The highest BCUT2D eigenvalue weighted by Gasteiger charge is 2.38. The van der Waals surface area contributed by atoms with Crippen LogP contribution in [0.25, 0.3) is 0 Å². The van der Waals surface area contributed by atoms with Gasteiger partial charge in [-0.3, -0.25) is 9.59 Å². The molecule has 166 valence electrons. The molecular formula is C26H35N3O2. The molecule has 0 N–H and O–H groups in total. The van der Waals surface area contributed by atoms with E-state index in [-0.39, 0.29) is 36.4 Å². The van der Waals surface area contributed by atoms with Gasteiger partial charge < -0.3 is 14.4 Å². The Kier molecular flexibility index (Phi) is 6.79. The van der Waals surface area contributed by atoms with Crippen LogP contribution >= 0.6 is 0 Å². The number of carbonyl (C=O) groups excluding carboxylic acids is 2. The summed E-state index contributed by atoms with van der Waals surface area (Å²) in [6, 6.07) is 14.9. The molecule has 2 aliphatic carbocycles. The highest BCUT2D eigenvalue weighted by molar-refractivity contribution is 5.86. The Hall–Kier alpha value is -2.56. The predicted molar refractivity (Wildman–Crippen MR) is 122 cm³/mol. The summed E-state index contributed by atoms with van der Waals surface area (Å²) < 4.78 is 2.21. The first-order valence-electron chi connectivity index (χ1n) is 11.8. The molecule has 1 heterocycles. The average Bonchev–Trinajstić information content (AvgIpc) is 3.27. The fraction of sp³-hybridized carbons (Fsp3) is 0.538. The Bertz CT molecular complexity index is 879. The highest BCUT2D eigenvalue weighted by Crippen LogP contribution is 2.33. The van der Waals surface area contributed by atoms with Crippen LogP contribution in [-0.2, 0) is 22.7 Å². The molecule has 0 aliphatic heterocycles.